The Morgan fingerprint density at radius 3 is 2.48 bits per heavy atom. The lowest BCUT2D eigenvalue weighted by Crippen LogP contribution is -2.38. The average molecular weight is 484 g/mol. The lowest BCUT2D eigenvalue weighted by Gasteiger charge is -2.09. The molecule has 138 valence electrons. The third kappa shape index (κ3) is 5.32. The number of hydrogen-bond acceptors (Lipinski definition) is 3. The fourth-order valence-corrected chi connectivity index (χ4v) is 2.99. The predicted molar refractivity (Wildman–Crippen MR) is 115 cm³/mol. The van der Waals surface area contributed by atoms with E-state index in [1.165, 1.54) is 6.07 Å². The molecule has 0 unspecified atom stereocenters. The number of benzene rings is 2. The van der Waals surface area contributed by atoms with E-state index in [1.54, 1.807) is 12.1 Å². The van der Waals surface area contributed by atoms with Crippen molar-refractivity contribution >= 4 is 62.4 Å². The first-order chi connectivity index (χ1) is 12.9. The normalized spacial score (nSPS) is 10.5. The van der Waals surface area contributed by atoms with Crippen molar-refractivity contribution in [1.29, 1.82) is 0 Å². The van der Waals surface area contributed by atoms with Gasteiger partial charge in [0.1, 0.15) is 11.5 Å². The Hall–Kier alpha value is -1.86. The van der Waals surface area contributed by atoms with Crippen LogP contribution in [0.5, 0.6) is 0 Å². The van der Waals surface area contributed by atoms with E-state index in [9.17, 15) is 4.79 Å². The van der Waals surface area contributed by atoms with Gasteiger partial charge >= 0.3 is 0 Å². The molecule has 0 fully saturated rings. The molecule has 1 heterocycles. The number of rotatable bonds is 4. The lowest BCUT2D eigenvalue weighted by atomic mass is 10.2. The van der Waals surface area contributed by atoms with Gasteiger partial charge in [0.15, 0.2) is 5.11 Å². The second kappa shape index (κ2) is 8.89. The standard InChI is InChI=1S/C19H13BrCl2N2O2S/c20-13-4-1-11(2-5-13)17-8-6-14(26-17)10-23-19(27)24-18(25)12-3-7-15(21)16(22)9-12/h1-9H,10H2,(H2,23,24,25,27). The highest BCUT2D eigenvalue weighted by Crippen LogP contribution is 2.24. The van der Waals surface area contributed by atoms with Gasteiger partial charge in [-0.25, -0.2) is 0 Å². The van der Waals surface area contributed by atoms with Gasteiger partial charge in [0.05, 0.1) is 16.6 Å². The molecule has 3 aromatic rings. The molecule has 4 nitrogen and oxygen atoms in total. The van der Waals surface area contributed by atoms with Crippen molar-refractivity contribution in [3.63, 3.8) is 0 Å². The maximum Gasteiger partial charge on any atom is 0.257 e. The molecule has 2 N–H and O–H groups in total. The fourth-order valence-electron chi connectivity index (χ4n) is 2.27. The van der Waals surface area contributed by atoms with Crippen LogP contribution in [0.3, 0.4) is 0 Å². The summed E-state index contributed by atoms with van der Waals surface area (Å²) in [5.74, 6) is 1.07. The Labute approximate surface area is 180 Å². The number of nitrogens with one attached hydrogen (secondary N) is 2. The minimum atomic E-state index is -0.374. The van der Waals surface area contributed by atoms with E-state index in [0.717, 1.165) is 15.8 Å². The zero-order valence-electron chi connectivity index (χ0n) is 13.8. The van der Waals surface area contributed by atoms with Crippen LogP contribution in [-0.4, -0.2) is 11.0 Å². The zero-order valence-corrected chi connectivity index (χ0v) is 17.7. The average Bonchev–Trinajstić information content (AvgIpc) is 3.12. The fraction of sp³-hybridized carbons (Fsp3) is 0.0526. The van der Waals surface area contributed by atoms with Crippen LogP contribution in [0.1, 0.15) is 16.1 Å². The van der Waals surface area contributed by atoms with Crippen molar-refractivity contribution in [2.24, 2.45) is 0 Å². The van der Waals surface area contributed by atoms with Gasteiger partial charge in [-0.1, -0.05) is 51.3 Å². The number of carbonyl (C=O) groups is 1. The summed E-state index contributed by atoms with van der Waals surface area (Å²) in [4.78, 5) is 12.2. The summed E-state index contributed by atoms with van der Waals surface area (Å²) in [6.45, 7) is 0.344. The van der Waals surface area contributed by atoms with Crippen LogP contribution < -0.4 is 10.6 Å². The van der Waals surface area contributed by atoms with Gasteiger partial charge in [-0.2, -0.15) is 0 Å². The molecule has 0 radical (unpaired) electrons. The van der Waals surface area contributed by atoms with Crippen LogP contribution in [0.15, 0.2) is 63.5 Å². The molecule has 27 heavy (non-hydrogen) atoms. The predicted octanol–water partition coefficient (Wildman–Crippen LogP) is 5.82. The Morgan fingerprint density at radius 2 is 1.78 bits per heavy atom. The molecular weight excluding hydrogens is 471 g/mol. The Bertz CT molecular complexity index is 990. The molecule has 3 rings (SSSR count). The first kappa shape index (κ1) is 19.9. The van der Waals surface area contributed by atoms with Crippen LogP contribution in [0.25, 0.3) is 11.3 Å². The van der Waals surface area contributed by atoms with Gasteiger partial charge < -0.3 is 9.73 Å². The van der Waals surface area contributed by atoms with Gasteiger partial charge in [-0.3, -0.25) is 10.1 Å². The Morgan fingerprint density at radius 1 is 1.04 bits per heavy atom. The van der Waals surface area contributed by atoms with Gasteiger partial charge in [0.2, 0.25) is 0 Å². The van der Waals surface area contributed by atoms with Gasteiger partial charge in [0.25, 0.3) is 5.91 Å². The molecule has 0 aliphatic heterocycles. The summed E-state index contributed by atoms with van der Waals surface area (Å²) in [6, 6.07) is 16.2. The molecular formula is C19H13BrCl2N2O2S. The highest BCUT2D eigenvalue weighted by atomic mass is 79.9. The van der Waals surface area contributed by atoms with Gasteiger partial charge in [-0.05, 0) is 54.7 Å². The lowest BCUT2D eigenvalue weighted by molar-refractivity contribution is 0.0976. The topological polar surface area (TPSA) is 54.3 Å². The van der Waals surface area contributed by atoms with Crippen molar-refractivity contribution in [1.82, 2.24) is 10.6 Å². The first-order valence-electron chi connectivity index (χ1n) is 7.81. The van der Waals surface area contributed by atoms with E-state index in [4.69, 9.17) is 39.8 Å². The maximum atomic E-state index is 12.2. The molecule has 0 saturated carbocycles. The van der Waals surface area contributed by atoms with E-state index >= 15 is 0 Å². The molecule has 0 spiro atoms. The molecule has 0 saturated heterocycles. The van der Waals surface area contributed by atoms with Crippen LogP contribution in [-0.2, 0) is 6.54 Å². The highest BCUT2D eigenvalue weighted by Gasteiger charge is 2.11. The van der Waals surface area contributed by atoms with E-state index in [2.05, 4.69) is 26.6 Å². The maximum absolute atomic E-state index is 12.2. The zero-order chi connectivity index (χ0) is 19.4. The molecule has 1 aromatic heterocycles. The van der Waals surface area contributed by atoms with E-state index < -0.39 is 0 Å². The Kier molecular flexibility index (Phi) is 6.55. The minimum absolute atomic E-state index is 0.188. The summed E-state index contributed by atoms with van der Waals surface area (Å²) in [7, 11) is 0. The molecule has 0 bridgehead atoms. The summed E-state index contributed by atoms with van der Waals surface area (Å²) < 4.78 is 6.80. The number of amides is 1. The monoisotopic (exact) mass is 482 g/mol. The van der Waals surface area contributed by atoms with Crippen LogP contribution in [0.4, 0.5) is 0 Å². The van der Waals surface area contributed by atoms with Crippen molar-refractivity contribution in [2.45, 2.75) is 6.54 Å². The Balaban J connectivity index is 1.55. The second-order valence-corrected chi connectivity index (χ2v) is 7.68. The quantitative estimate of drug-likeness (QED) is 0.459. The van der Waals surface area contributed by atoms with Crippen LogP contribution in [0, 0.1) is 0 Å². The van der Waals surface area contributed by atoms with Crippen molar-refractivity contribution in [2.75, 3.05) is 0 Å². The summed E-state index contributed by atoms with van der Waals surface area (Å²) in [6.07, 6.45) is 0. The van der Waals surface area contributed by atoms with Crippen LogP contribution >= 0.6 is 51.3 Å². The van der Waals surface area contributed by atoms with E-state index in [0.29, 0.717) is 27.9 Å². The number of thiocarbonyl (C=S) groups is 1. The van der Waals surface area contributed by atoms with Crippen molar-refractivity contribution in [3.8, 4) is 11.3 Å². The first-order valence-corrected chi connectivity index (χ1v) is 9.77. The van der Waals surface area contributed by atoms with Crippen molar-refractivity contribution in [3.05, 3.63) is 80.4 Å². The smallest absolute Gasteiger partial charge is 0.257 e. The van der Waals surface area contributed by atoms with Crippen molar-refractivity contribution < 1.29 is 9.21 Å². The van der Waals surface area contributed by atoms with E-state index in [-0.39, 0.29) is 11.0 Å². The third-order valence-corrected chi connectivity index (χ3v) is 5.14. The summed E-state index contributed by atoms with van der Waals surface area (Å²) >= 11 is 20.3. The summed E-state index contributed by atoms with van der Waals surface area (Å²) in [5.41, 5.74) is 1.34. The van der Waals surface area contributed by atoms with Gasteiger partial charge in [-0.15, -0.1) is 0 Å². The molecule has 2 aromatic carbocycles. The third-order valence-electron chi connectivity index (χ3n) is 3.62. The van der Waals surface area contributed by atoms with Gasteiger partial charge in [0, 0.05) is 15.6 Å². The number of carbonyl (C=O) groups excluding carboxylic acids is 1. The molecule has 0 atom stereocenters. The number of hydrogen-bond donors (Lipinski definition) is 2. The van der Waals surface area contributed by atoms with E-state index in [1.807, 2.05) is 36.4 Å². The molecule has 1 amide bonds. The highest BCUT2D eigenvalue weighted by molar-refractivity contribution is 9.10. The molecule has 0 aliphatic rings. The molecule has 0 aliphatic carbocycles. The largest absolute Gasteiger partial charge is 0.459 e. The second-order valence-electron chi connectivity index (χ2n) is 5.54. The minimum Gasteiger partial charge on any atom is -0.459 e. The van der Waals surface area contributed by atoms with Crippen LogP contribution in [0.2, 0.25) is 10.0 Å². The summed E-state index contributed by atoms with van der Waals surface area (Å²) in [5, 5.41) is 6.40. The molecule has 8 heteroatoms. The SMILES string of the molecule is O=C(NC(=S)NCc1ccc(-c2ccc(Br)cc2)o1)c1ccc(Cl)c(Cl)c1. The number of halogens is 3. The number of furan rings is 1.